The average molecular weight is 522 g/mol. The maximum atomic E-state index is 13.8. The lowest BCUT2D eigenvalue weighted by Gasteiger charge is -2.33. The number of carbonyl (C=O) groups excluding carboxylic acids is 3. The number of rotatable bonds is 11. The van der Waals surface area contributed by atoms with Gasteiger partial charge < -0.3 is 29.3 Å². The fourth-order valence-corrected chi connectivity index (χ4v) is 4.31. The van der Waals surface area contributed by atoms with Gasteiger partial charge in [0.15, 0.2) is 5.76 Å². The van der Waals surface area contributed by atoms with Crippen LogP contribution in [-0.4, -0.2) is 57.7 Å². The third kappa shape index (κ3) is 6.33. The molecule has 1 aromatic heterocycles. The molecule has 200 valence electrons. The largest absolute Gasteiger partial charge is 0.497 e. The average Bonchev–Trinajstić information content (AvgIpc) is 3.68. The van der Waals surface area contributed by atoms with E-state index in [0.29, 0.717) is 35.9 Å². The number of nitrogens with one attached hydrogen (secondary N) is 2. The fraction of sp³-hybridized carbons (Fsp3) is 0.321. The number of methoxy groups -OCH3 is 2. The Morgan fingerprint density at radius 3 is 2.50 bits per heavy atom. The SMILES string of the molecule is COc1ccc(N(C(=O)CNC(=O)c2ccco2)[C@H](C(=O)NC[C@H]2CCCO2)c2ccccc2)c(OC)c1. The molecule has 2 heterocycles. The Labute approximate surface area is 220 Å². The van der Waals surface area contributed by atoms with Crippen LogP contribution in [0.2, 0.25) is 0 Å². The van der Waals surface area contributed by atoms with E-state index in [-0.39, 0.29) is 11.9 Å². The molecule has 2 aromatic carbocycles. The Hall–Kier alpha value is -4.31. The van der Waals surface area contributed by atoms with Crippen molar-refractivity contribution in [2.24, 2.45) is 0 Å². The first-order chi connectivity index (χ1) is 18.5. The molecular formula is C28H31N3O7. The van der Waals surface area contributed by atoms with Crippen molar-refractivity contribution >= 4 is 23.4 Å². The monoisotopic (exact) mass is 521 g/mol. The van der Waals surface area contributed by atoms with Gasteiger partial charge in [0.2, 0.25) is 11.8 Å². The molecule has 1 saturated heterocycles. The fourth-order valence-electron chi connectivity index (χ4n) is 4.31. The van der Waals surface area contributed by atoms with E-state index >= 15 is 0 Å². The summed E-state index contributed by atoms with van der Waals surface area (Å²) in [4.78, 5) is 41.4. The molecule has 0 radical (unpaired) electrons. The van der Waals surface area contributed by atoms with Crippen LogP contribution >= 0.6 is 0 Å². The van der Waals surface area contributed by atoms with E-state index in [2.05, 4.69) is 10.6 Å². The third-order valence-corrected chi connectivity index (χ3v) is 6.21. The summed E-state index contributed by atoms with van der Waals surface area (Å²) in [6.45, 7) is 0.585. The van der Waals surface area contributed by atoms with Crippen LogP contribution in [0.15, 0.2) is 71.3 Å². The minimum absolute atomic E-state index is 0.0697. The molecule has 0 unspecified atom stereocenters. The number of hydrogen-bond acceptors (Lipinski definition) is 7. The number of amides is 3. The summed E-state index contributed by atoms with van der Waals surface area (Å²) in [7, 11) is 2.99. The smallest absolute Gasteiger partial charge is 0.287 e. The van der Waals surface area contributed by atoms with Gasteiger partial charge in [-0.2, -0.15) is 0 Å². The van der Waals surface area contributed by atoms with Gasteiger partial charge in [-0.15, -0.1) is 0 Å². The lowest BCUT2D eigenvalue weighted by Crippen LogP contribution is -2.48. The first-order valence-corrected chi connectivity index (χ1v) is 12.3. The highest BCUT2D eigenvalue weighted by molar-refractivity contribution is 6.05. The van der Waals surface area contributed by atoms with Crippen molar-refractivity contribution in [2.75, 3.05) is 38.8 Å². The molecule has 1 aliphatic heterocycles. The number of anilines is 1. The minimum Gasteiger partial charge on any atom is -0.497 e. The van der Waals surface area contributed by atoms with E-state index in [4.69, 9.17) is 18.6 Å². The van der Waals surface area contributed by atoms with E-state index in [1.165, 1.54) is 31.4 Å². The molecule has 0 saturated carbocycles. The molecule has 0 bridgehead atoms. The van der Waals surface area contributed by atoms with Crippen molar-refractivity contribution in [2.45, 2.75) is 25.0 Å². The van der Waals surface area contributed by atoms with Crippen molar-refractivity contribution in [1.82, 2.24) is 10.6 Å². The van der Waals surface area contributed by atoms with Crippen LogP contribution in [0.1, 0.15) is 35.0 Å². The number of nitrogens with zero attached hydrogens (tertiary/aromatic N) is 1. The Bertz CT molecular complexity index is 1220. The summed E-state index contributed by atoms with van der Waals surface area (Å²) in [5, 5.41) is 5.53. The van der Waals surface area contributed by atoms with Gasteiger partial charge in [-0.1, -0.05) is 30.3 Å². The first-order valence-electron chi connectivity index (χ1n) is 12.3. The summed E-state index contributed by atoms with van der Waals surface area (Å²) in [5.41, 5.74) is 0.924. The van der Waals surface area contributed by atoms with Crippen LogP contribution in [0.4, 0.5) is 5.69 Å². The van der Waals surface area contributed by atoms with E-state index in [1.54, 1.807) is 48.5 Å². The van der Waals surface area contributed by atoms with Gasteiger partial charge in [-0.05, 0) is 42.7 Å². The molecule has 0 spiro atoms. The van der Waals surface area contributed by atoms with Crippen molar-refractivity contribution in [3.63, 3.8) is 0 Å². The Morgan fingerprint density at radius 2 is 1.84 bits per heavy atom. The van der Waals surface area contributed by atoms with Crippen molar-refractivity contribution in [3.8, 4) is 11.5 Å². The lowest BCUT2D eigenvalue weighted by molar-refractivity contribution is -0.126. The Balaban J connectivity index is 1.70. The summed E-state index contributed by atoms with van der Waals surface area (Å²) < 4.78 is 21.7. The second-order valence-electron chi connectivity index (χ2n) is 8.65. The van der Waals surface area contributed by atoms with Gasteiger partial charge in [0.25, 0.3) is 5.91 Å². The zero-order valence-corrected chi connectivity index (χ0v) is 21.3. The van der Waals surface area contributed by atoms with Crippen molar-refractivity contribution in [1.29, 1.82) is 0 Å². The summed E-state index contributed by atoms with van der Waals surface area (Å²) in [6, 6.07) is 15.9. The van der Waals surface area contributed by atoms with Gasteiger partial charge in [0.05, 0.1) is 38.8 Å². The quantitative estimate of drug-likeness (QED) is 0.398. The van der Waals surface area contributed by atoms with Crippen molar-refractivity contribution in [3.05, 3.63) is 78.3 Å². The molecule has 1 aliphatic rings. The first kappa shape index (κ1) is 26.7. The van der Waals surface area contributed by atoms with Gasteiger partial charge >= 0.3 is 0 Å². The molecule has 3 aromatic rings. The number of carbonyl (C=O) groups is 3. The summed E-state index contributed by atoms with van der Waals surface area (Å²) in [5.74, 6) is -0.569. The molecule has 10 nitrogen and oxygen atoms in total. The third-order valence-electron chi connectivity index (χ3n) is 6.21. The zero-order chi connectivity index (χ0) is 26.9. The number of furan rings is 1. The minimum atomic E-state index is -1.06. The summed E-state index contributed by atoms with van der Waals surface area (Å²) in [6.07, 6.45) is 3.08. The highest BCUT2D eigenvalue weighted by atomic mass is 16.5. The Kier molecular flexibility index (Phi) is 8.99. The maximum absolute atomic E-state index is 13.8. The van der Waals surface area contributed by atoms with Crippen LogP contribution in [0, 0.1) is 0 Å². The molecule has 38 heavy (non-hydrogen) atoms. The molecule has 3 amide bonds. The van der Waals surface area contributed by atoms with E-state index in [0.717, 1.165) is 12.8 Å². The van der Waals surface area contributed by atoms with Crippen LogP contribution in [0.5, 0.6) is 11.5 Å². The lowest BCUT2D eigenvalue weighted by atomic mass is 10.0. The van der Waals surface area contributed by atoms with Gasteiger partial charge in [-0.3, -0.25) is 19.3 Å². The molecule has 10 heteroatoms. The summed E-state index contributed by atoms with van der Waals surface area (Å²) >= 11 is 0. The zero-order valence-electron chi connectivity index (χ0n) is 21.3. The molecule has 2 atom stereocenters. The number of benzene rings is 2. The topological polar surface area (TPSA) is 119 Å². The second-order valence-corrected chi connectivity index (χ2v) is 8.65. The highest BCUT2D eigenvalue weighted by Crippen LogP contribution is 2.37. The predicted octanol–water partition coefficient (Wildman–Crippen LogP) is 3.10. The van der Waals surface area contributed by atoms with E-state index < -0.39 is 30.3 Å². The van der Waals surface area contributed by atoms with Crippen LogP contribution in [-0.2, 0) is 14.3 Å². The maximum Gasteiger partial charge on any atom is 0.287 e. The number of hydrogen-bond donors (Lipinski definition) is 2. The highest BCUT2D eigenvalue weighted by Gasteiger charge is 2.35. The molecular weight excluding hydrogens is 490 g/mol. The van der Waals surface area contributed by atoms with Gasteiger partial charge in [-0.25, -0.2) is 0 Å². The molecule has 1 fully saturated rings. The van der Waals surface area contributed by atoms with E-state index in [1.807, 2.05) is 6.07 Å². The predicted molar refractivity (Wildman–Crippen MR) is 139 cm³/mol. The standard InChI is InChI=1S/C28H31N3O7/c1-35-20-12-13-22(24(16-20)36-2)31(25(32)18-30-27(33)23-11-7-15-38-23)26(19-8-4-3-5-9-19)28(34)29-17-21-10-6-14-37-21/h3-5,7-9,11-13,15-16,21,26H,6,10,14,17-18H2,1-2H3,(H,29,34)(H,30,33)/t21-,26+/m1/s1. The van der Waals surface area contributed by atoms with Crippen molar-refractivity contribution < 1.29 is 33.0 Å². The van der Waals surface area contributed by atoms with Gasteiger partial charge in [0.1, 0.15) is 17.5 Å². The van der Waals surface area contributed by atoms with Crippen LogP contribution in [0.25, 0.3) is 0 Å². The second kappa shape index (κ2) is 12.8. The molecule has 0 aliphatic carbocycles. The van der Waals surface area contributed by atoms with Crippen LogP contribution in [0.3, 0.4) is 0 Å². The normalized spacial score (nSPS) is 15.4. The molecule has 2 N–H and O–H groups in total. The number of ether oxygens (including phenoxy) is 3. The molecule has 4 rings (SSSR count). The van der Waals surface area contributed by atoms with Gasteiger partial charge in [0, 0.05) is 19.2 Å². The van der Waals surface area contributed by atoms with Crippen LogP contribution < -0.4 is 25.0 Å². The van der Waals surface area contributed by atoms with E-state index in [9.17, 15) is 14.4 Å². The Morgan fingerprint density at radius 1 is 1.03 bits per heavy atom.